The zero-order valence-corrected chi connectivity index (χ0v) is 5.35. The normalized spacial score (nSPS) is 13.8. The van der Waals surface area contributed by atoms with E-state index in [-0.39, 0.29) is 0 Å². The molecule has 0 aliphatic carbocycles. The predicted octanol–water partition coefficient (Wildman–Crippen LogP) is 2.05. The Hall–Kier alpha value is -0.0400. The van der Waals surface area contributed by atoms with E-state index in [1.54, 1.807) is 0 Å². The molecule has 0 aromatic heterocycles. The van der Waals surface area contributed by atoms with Gasteiger partial charge in [0.15, 0.2) is 0 Å². The molecule has 0 radical (unpaired) electrons. The third-order valence-electron chi connectivity index (χ3n) is 0.409. The first-order chi connectivity index (χ1) is 4.21. The summed E-state index contributed by atoms with van der Waals surface area (Å²) < 4.78 is 59.1. The molecule has 0 spiro atoms. The van der Waals surface area contributed by atoms with Crippen LogP contribution in [0.2, 0.25) is 0 Å². The molecule has 0 aliphatic heterocycles. The number of rotatable bonds is 2. The Morgan fingerprint density at radius 2 is 1.50 bits per heavy atom. The molecule has 0 atom stereocenters. The van der Waals surface area contributed by atoms with Crippen LogP contribution < -0.4 is 0 Å². The van der Waals surface area contributed by atoms with Crippen LogP contribution in [0.15, 0.2) is 0 Å². The molecule has 0 unspecified atom stereocenters. The average molecular weight is 182 g/mol. The Morgan fingerprint density at radius 1 is 1.10 bits per heavy atom. The molecule has 0 saturated carbocycles. The van der Waals surface area contributed by atoms with Gasteiger partial charge in [-0.25, -0.2) is 0 Å². The summed E-state index contributed by atoms with van der Waals surface area (Å²) in [7, 11) is 0. The van der Waals surface area contributed by atoms with E-state index in [0.717, 1.165) is 0 Å². The smallest absolute Gasteiger partial charge is 0.302 e. The molecular formula is C3H3F5OS. The molecule has 62 valence electrons. The van der Waals surface area contributed by atoms with Crippen molar-refractivity contribution < 1.29 is 26.7 Å². The van der Waals surface area contributed by atoms with Crippen molar-refractivity contribution in [1.29, 1.82) is 0 Å². The second kappa shape index (κ2) is 2.91. The summed E-state index contributed by atoms with van der Waals surface area (Å²) in [5.41, 5.74) is -4.02. The fourth-order valence-electron chi connectivity index (χ4n) is 0.169. The molecular weight excluding hydrogens is 179 g/mol. The summed E-state index contributed by atoms with van der Waals surface area (Å²) in [5.74, 6) is 0. The van der Waals surface area contributed by atoms with Gasteiger partial charge in [0.25, 0.3) is 0 Å². The number of ether oxygens (including phenoxy) is 1. The van der Waals surface area contributed by atoms with Crippen molar-refractivity contribution in [2.45, 2.75) is 11.6 Å². The van der Waals surface area contributed by atoms with Crippen molar-refractivity contribution in [3.8, 4) is 0 Å². The molecule has 0 fully saturated rings. The van der Waals surface area contributed by atoms with Crippen molar-refractivity contribution in [2.24, 2.45) is 0 Å². The lowest BCUT2D eigenvalue weighted by atomic mass is 10.7. The highest BCUT2D eigenvalue weighted by Gasteiger charge is 2.34. The average Bonchev–Trinajstić information content (AvgIpc) is 1.57. The number of alkyl halides is 5. The lowest BCUT2D eigenvalue weighted by molar-refractivity contribution is -0.243. The molecule has 10 heavy (non-hydrogen) atoms. The van der Waals surface area contributed by atoms with Gasteiger partial charge in [-0.15, -0.1) is 0 Å². The van der Waals surface area contributed by atoms with E-state index >= 15 is 0 Å². The molecule has 0 aromatic carbocycles. The molecule has 7 heteroatoms. The van der Waals surface area contributed by atoms with Gasteiger partial charge in [-0.1, -0.05) is 12.6 Å². The second-order valence-electron chi connectivity index (χ2n) is 1.39. The zero-order chi connectivity index (χ0) is 8.41. The Bertz CT molecular complexity index is 90.4. The molecule has 0 saturated heterocycles. The number of halogens is 5. The van der Waals surface area contributed by atoms with Crippen molar-refractivity contribution in [1.82, 2.24) is 0 Å². The molecule has 0 rings (SSSR count). The van der Waals surface area contributed by atoms with Crippen LogP contribution in [0.25, 0.3) is 0 Å². The number of hydrogen-bond donors (Lipinski definition) is 1. The first kappa shape index (κ1) is 9.96. The molecule has 0 aromatic rings. The predicted molar refractivity (Wildman–Crippen MR) is 25.9 cm³/mol. The van der Waals surface area contributed by atoms with Crippen LogP contribution >= 0.6 is 12.6 Å². The Kier molecular flexibility index (Phi) is 2.90. The molecule has 0 amide bonds. The van der Waals surface area contributed by atoms with E-state index in [1.807, 2.05) is 0 Å². The zero-order valence-electron chi connectivity index (χ0n) is 4.45. The lowest BCUT2D eigenvalue weighted by Crippen LogP contribution is -2.23. The monoisotopic (exact) mass is 182 g/mol. The maximum atomic E-state index is 11.4. The molecule has 0 bridgehead atoms. The van der Waals surface area contributed by atoms with E-state index in [1.165, 1.54) is 0 Å². The van der Waals surface area contributed by atoms with Crippen LogP contribution in [0, 0.1) is 0 Å². The maximum absolute atomic E-state index is 11.4. The topological polar surface area (TPSA) is 9.23 Å². The quantitative estimate of drug-likeness (QED) is 0.390. The molecule has 0 heterocycles. The van der Waals surface area contributed by atoms with E-state index < -0.39 is 18.2 Å². The molecule has 1 nitrogen and oxygen atoms in total. The van der Waals surface area contributed by atoms with Crippen LogP contribution in [0.4, 0.5) is 22.0 Å². The number of hydrogen-bond acceptors (Lipinski definition) is 2. The summed E-state index contributed by atoms with van der Waals surface area (Å²) >= 11 is 2.41. The lowest BCUT2D eigenvalue weighted by Gasteiger charge is -2.11. The van der Waals surface area contributed by atoms with E-state index in [9.17, 15) is 22.0 Å². The van der Waals surface area contributed by atoms with E-state index in [0.29, 0.717) is 0 Å². The van der Waals surface area contributed by atoms with Crippen molar-refractivity contribution in [3.05, 3.63) is 0 Å². The van der Waals surface area contributed by atoms with Gasteiger partial charge in [0.05, 0.1) is 0 Å². The second-order valence-corrected chi connectivity index (χ2v) is 1.91. The highest BCUT2D eigenvalue weighted by molar-refractivity contribution is 7.81. The van der Waals surface area contributed by atoms with E-state index in [2.05, 4.69) is 17.4 Å². The van der Waals surface area contributed by atoms with Crippen LogP contribution in [0.5, 0.6) is 0 Å². The largest absolute Gasteiger partial charge is 0.412 e. The highest BCUT2D eigenvalue weighted by Crippen LogP contribution is 2.24. The van der Waals surface area contributed by atoms with Crippen LogP contribution in [0.3, 0.4) is 0 Å². The minimum absolute atomic E-state index is 2.00. The van der Waals surface area contributed by atoms with Crippen molar-refractivity contribution >= 4 is 12.6 Å². The summed E-state index contributed by atoms with van der Waals surface area (Å²) in [5, 5.41) is 0. The van der Waals surface area contributed by atoms with Crippen LogP contribution in [-0.2, 0) is 4.74 Å². The first-order valence-corrected chi connectivity index (χ1v) is 2.46. The summed E-state index contributed by atoms with van der Waals surface area (Å²) in [4.78, 5) is 0. The number of thiol groups is 1. The Balaban J connectivity index is 3.56. The summed E-state index contributed by atoms with van der Waals surface area (Å²) in [6.45, 7) is -2.00. The van der Waals surface area contributed by atoms with Gasteiger partial charge in [-0.2, -0.15) is 22.0 Å². The van der Waals surface area contributed by atoms with Gasteiger partial charge < -0.3 is 4.74 Å². The maximum Gasteiger partial charge on any atom is 0.412 e. The van der Waals surface area contributed by atoms with Gasteiger partial charge in [0, 0.05) is 0 Å². The SMILES string of the molecule is FC(F)(F)COC(F)(F)S. The first-order valence-electron chi connectivity index (χ1n) is 2.01. The van der Waals surface area contributed by atoms with Gasteiger partial charge in [0.1, 0.15) is 6.61 Å². The van der Waals surface area contributed by atoms with Gasteiger partial charge in [-0.05, 0) is 0 Å². The Labute approximate surface area is 58.6 Å². The fraction of sp³-hybridized carbons (Fsp3) is 1.00. The minimum atomic E-state index is -4.74. The van der Waals surface area contributed by atoms with Gasteiger partial charge in [-0.3, -0.25) is 0 Å². The van der Waals surface area contributed by atoms with Crippen molar-refractivity contribution in [3.63, 3.8) is 0 Å². The molecule has 0 aliphatic rings. The van der Waals surface area contributed by atoms with Gasteiger partial charge in [0.2, 0.25) is 0 Å². The standard InChI is InChI=1S/C3H3F5OS/c4-2(5,6)1-9-3(7,8)10/h10H,1H2. The van der Waals surface area contributed by atoms with Crippen LogP contribution in [-0.4, -0.2) is 18.2 Å². The third-order valence-corrected chi connectivity index (χ3v) is 0.539. The van der Waals surface area contributed by atoms with Crippen molar-refractivity contribution in [2.75, 3.05) is 6.61 Å². The summed E-state index contributed by atoms with van der Waals surface area (Å²) in [6, 6.07) is 0. The highest BCUT2D eigenvalue weighted by atomic mass is 32.1. The van der Waals surface area contributed by atoms with Crippen LogP contribution in [0.1, 0.15) is 0 Å². The Morgan fingerprint density at radius 3 is 1.60 bits per heavy atom. The fourth-order valence-corrected chi connectivity index (χ4v) is 0.233. The summed E-state index contributed by atoms with van der Waals surface area (Å²) in [6.07, 6.45) is -4.74. The third kappa shape index (κ3) is 7.96. The molecule has 0 N–H and O–H groups in total. The van der Waals surface area contributed by atoms with Gasteiger partial charge >= 0.3 is 11.6 Å². The minimum Gasteiger partial charge on any atom is -0.302 e. The van der Waals surface area contributed by atoms with E-state index in [4.69, 9.17) is 0 Å².